The fourth-order valence-corrected chi connectivity index (χ4v) is 10.0. The minimum absolute atomic E-state index is 0.0148. The van der Waals surface area contributed by atoms with Crippen LogP contribution in [0.1, 0.15) is 102 Å². The van der Waals surface area contributed by atoms with Crippen molar-refractivity contribution in [3.8, 4) is 17.0 Å². The van der Waals surface area contributed by atoms with Crippen LogP contribution in [0.4, 0.5) is 9.59 Å². The van der Waals surface area contributed by atoms with Gasteiger partial charge in [-0.2, -0.15) is 0 Å². The molecular weight excluding hydrogens is 859 g/mol. The lowest BCUT2D eigenvalue weighted by Crippen LogP contribution is -2.56. The molecule has 4 aromatic rings. The number of rotatable bonds is 17. The van der Waals surface area contributed by atoms with E-state index in [0.29, 0.717) is 46.1 Å². The average Bonchev–Trinajstić information content (AvgIpc) is 4.03. The van der Waals surface area contributed by atoms with Crippen LogP contribution in [-0.2, 0) is 35.1 Å². The minimum Gasteiger partial charge on any atom is -0.491 e. The molecule has 0 spiro atoms. The lowest BCUT2D eigenvalue weighted by atomic mass is 9.83. The molecule has 3 atom stereocenters. The highest BCUT2D eigenvalue weighted by Gasteiger charge is 2.41. The van der Waals surface area contributed by atoms with Crippen LogP contribution >= 0.6 is 11.3 Å². The Morgan fingerprint density at radius 2 is 1.55 bits per heavy atom. The van der Waals surface area contributed by atoms with Crippen LogP contribution in [-0.4, -0.2) is 121 Å². The third-order valence-electron chi connectivity index (χ3n) is 12.8. The molecule has 0 radical (unpaired) electrons. The number of ether oxygens (including phenoxy) is 5. The first-order chi connectivity index (χ1) is 31.9. The Kier molecular flexibility index (Phi) is 16.9. The first kappa shape index (κ1) is 48.7. The van der Waals surface area contributed by atoms with Gasteiger partial charge < -0.3 is 38.8 Å². The molecular formula is C51H67N5O9S. The number of carbonyl (C=O) groups excluding carboxylic acids is 4. The molecule has 3 heterocycles. The summed E-state index contributed by atoms with van der Waals surface area (Å²) in [6.45, 7) is 10.8. The van der Waals surface area contributed by atoms with E-state index in [1.54, 1.807) is 51.0 Å². The van der Waals surface area contributed by atoms with Gasteiger partial charge in [0.25, 0.3) is 0 Å². The zero-order valence-corrected chi connectivity index (χ0v) is 40.0. The van der Waals surface area contributed by atoms with Crippen molar-refractivity contribution in [1.82, 2.24) is 25.0 Å². The predicted octanol–water partition coefficient (Wildman–Crippen LogP) is 9.16. The molecule has 0 bridgehead atoms. The zero-order valence-electron chi connectivity index (χ0n) is 39.2. The third kappa shape index (κ3) is 12.8. The molecule has 1 N–H and O–H groups in total. The molecule has 66 heavy (non-hydrogen) atoms. The molecule has 4 amide bonds. The van der Waals surface area contributed by atoms with E-state index < -0.39 is 23.8 Å². The Morgan fingerprint density at radius 1 is 0.833 bits per heavy atom. The van der Waals surface area contributed by atoms with E-state index in [1.807, 2.05) is 65.6 Å². The summed E-state index contributed by atoms with van der Waals surface area (Å²) in [7, 11) is 1.55. The van der Waals surface area contributed by atoms with Crippen LogP contribution in [0, 0.1) is 5.92 Å². The van der Waals surface area contributed by atoms with Crippen molar-refractivity contribution in [2.24, 2.45) is 5.92 Å². The molecule has 1 aromatic heterocycles. The quantitative estimate of drug-likeness (QED) is 0.102. The largest absolute Gasteiger partial charge is 0.491 e. The maximum atomic E-state index is 14.6. The van der Waals surface area contributed by atoms with E-state index in [0.717, 1.165) is 96.1 Å². The number of thiazole rings is 1. The molecule has 3 aromatic carbocycles. The van der Waals surface area contributed by atoms with E-state index >= 15 is 0 Å². The highest BCUT2D eigenvalue weighted by atomic mass is 32.1. The first-order valence-electron chi connectivity index (χ1n) is 23.7. The van der Waals surface area contributed by atoms with Gasteiger partial charge in [-0.15, -0.1) is 11.3 Å². The average molecular weight is 926 g/mol. The minimum atomic E-state index is -0.826. The second-order valence-electron chi connectivity index (χ2n) is 18.6. The van der Waals surface area contributed by atoms with Gasteiger partial charge in [-0.25, -0.2) is 14.6 Å². The smallest absolute Gasteiger partial charge is 0.410 e. The van der Waals surface area contributed by atoms with Crippen molar-refractivity contribution in [3.63, 3.8) is 0 Å². The molecule has 2 saturated heterocycles. The topological polar surface area (TPSA) is 149 Å². The summed E-state index contributed by atoms with van der Waals surface area (Å²) in [5, 5.41) is 8.03. The number of aromatic nitrogens is 1. The van der Waals surface area contributed by atoms with Crippen molar-refractivity contribution in [2.45, 2.75) is 122 Å². The van der Waals surface area contributed by atoms with Crippen molar-refractivity contribution in [1.29, 1.82) is 0 Å². The van der Waals surface area contributed by atoms with Crippen LogP contribution in [0.15, 0.2) is 72.1 Å². The SMILES string of the molecule is C[C@@H](C(=O)N[C@H](C(=O)N1CCCC1c1nc(-c2ccc(OCCOCCOC3CCN(C(=O)OCc4ccccc4)CC3)c3ccccc23)cs1)C1CCCCC1)N(C)C(=O)OC(C)(C)C. The number of fused-ring (bicyclic) bond motifs is 1. The number of carbonyl (C=O) groups is 4. The van der Waals surface area contributed by atoms with Gasteiger partial charge in [0, 0.05) is 43.0 Å². The van der Waals surface area contributed by atoms with Crippen LogP contribution in [0.2, 0.25) is 0 Å². The standard InChI is InChI=1S/C51H67N5O9S/c1-35(54(5)49(59)65-51(2,3)4)46(57)53-45(37-17-10-7-11-18-37)48(58)56-26-14-21-43(56)47-52-42(34-66-47)40-22-23-44(41-20-13-12-19-39(40)41)63-32-30-61-29-31-62-38-24-27-55(28-25-38)50(60)64-33-36-15-8-6-9-16-36/h6,8-9,12-13,15-16,19-20,22-23,34-35,37-38,43,45H,7,10-11,14,17-18,21,24-33H2,1-5H3,(H,53,57)/t35-,43?,45-/m0/s1. The summed E-state index contributed by atoms with van der Waals surface area (Å²) in [6, 6.07) is 20.1. The van der Waals surface area contributed by atoms with Gasteiger partial charge in [-0.05, 0) is 95.2 Å². The van der Waals surface area contributed by atoms with E-state index in [1.165, 1.54) is 4.90 Å². The second kappa shape index (κ2) is 23.0. The summed E-state index contributed by atoms with van der Waals surface area (Å²) in [5.41, 5.74) is 2.09. The van der Waals surface area contributed by atoms with Gasteiger partial charge in [0.05, 0.1) is 37.7 Å². The van der Waals surface area contributed by atoms with E-state index in [9.17, 15) is 19.2 Å². The van der Waals surface area contributed by atoms with E-state index in [-0.39, 0.29) is 42.6 Å². The van der Waals surface area contributed by atoms with Crippen molar-refractivity contribution >= 4 is 46.1 Å². The van der Waals surface area contributed by atoms with Gasteiger partial charge >= 0.3 is 12.2 Å². The van der Waals surface area contributed by atoms with Crippen LogP contribution < -0.4 is 10.1 Å². The Labute approximate surface area is 393 Å². The van der Waals surface area contributed by atoms with Crippen molar-refractivity contribution in [3.05, 3.63) is 82.7 Å². The summed E-state index contributed by atoms with van der Waals surface area (Å²) in [4.78, 5) is 63.8. The molecule has 3 fully saturated rings. The Hall–Kier alpha value is -5.25. The molecule has 7 rings (SSSR count). The monoisotopic (exact) mass is 925 g/mol. The lowest BCUT2D eigenvalue weighted by molar-refractivity contribution is -0.140. The Balaban J connectivity index is 0.901. The van der Waals surface area contributed by atoms with E-state index in [4.69, 9.17) is 28.7 Å². The number of hydrogen-bond donors (Lipinski definition) is 1. The van der Waals surface area contributed by atoms with Crippen molar-refractivity contribution in [2.75, 3.05) is 53.1 Å². The highest BCUT2D eigenvalue weighted by Crippen LogP contribution is 2.40. The summed E-state index contributed by atoms with van der Waals surface area (Å²) >= 11 is 1.56. The van der Waals surface area contributed by atoms with Gasteiger partial charge in [0.15, 0.2) is 0 Å². The van der Waals surface area contributed by atoms with Gasteiger partial charge in [0.1, 0.15) is 41.7 Å². The summed E-state index contributed by atoms with van der Waals surface area (Å²) in [6.07, 6.45) is 7.21. The third-order valence-corrected chi connectivity index (χ3v) is 13.7. The summed E-state index contributed by atoms with van der Waals surface area (Å²) in [5.74, 6) is 0.317. The van der Waals surface area contributed by atoms with Crippen LogP contribution in [0.3, 0.4) is 0 Å². The maximum absolute atomic E-state index is 14.6. The number of nitrogens with zero attached hydrogens (tertiary/aromatic N) is 4. The van der Waals surface area contributed by atoms with Crippen LogP contribution in [0.25, 0.3) is 22.0 Å². The molecule has 3 aliphatic rings. The molecule has 1 aliphatic carbocycles. The fraction of sp³-hybridized carbons (Fsp3) is 0.549. The first-order valence-corrected chi connectivity index (χ1v) is 24.6. The van der Waals surface area contributed by atoms with Gasteiger partial charge in [-0.3, -0.25) is 14.5 Å². The number of amides is 4. The van der Waals surface area contributed by atoms with Gasteiger partial charge in [-0.1, -0.05) is 73.9 Å². The van der Waals surface area contributed by atoms with Crippen molar-refractivity contribution < 1.29 is 42.9 Å². The number of nitrogens with one attached hydrogen (secondary N) is 1. The summed E-state index contributed by atoms with van der Waals surface area (Å²) < 4.78 is 29.2. The second-order valence-corrected chi connectivity index (χ2v) is 19.5. The Morgan fingerprint density at radius 3 is 2.29 bits per heavy atom. The molecule has 2 aliphatic heterocycles. The molecule has 15 heteroatoms. The van der Waals surface area contributed by atoms with Crippen LogP contribution in [0.5, 0.6) is 5.75 Å². The molecule has 14 nitrogen and oxygen atoms in total. The molecule has 356 valence electrons. The number of benzene rings is 3. The Bertz CT molecular complexity index is 2230. The number of likely N-dealkylation sites (tertiary alicyclic amines) is 2. The number of hydrogen-bond acceptors (Lipinski definition) is 11. The number of piperidine rings is 1. The predicted molar refractivity (Wildman–Crippen MR) is 254 cm³/mol. The zero-order chi connectivity index (χ0) is 46.6. The maximum Gasteiger partial charge on any atom is 0.410 e. The van der Waals surface area contributed by atoms with E-state index in [2.05, 4.69) is 16.8 Å². The molecule has 1 saturated carbocycles. The highest BCUT2D eigenvalue weighted by molar-refractivity contribution is 7.10. The fourth-order valence-electron chi connectivity index (χ4n) is 9.04. The molecule has 1 unspecified atom stereocenters. The normalized spacial score (nSPS) is 18.2. The number of likely N-dealkylation sites (N-methyl/N-ethyl adjacent to an activating group) is 1. The van der Waals surface area contributed by atoms with Gasteiger partial charge in [0.2, 0.25) is 11.8 Å². The lowest BCUT2D eigenvalue weighted by Gasteiger charge is -2.36.